The fraction of sp³-hybridized carbons (Fsp3) is 0.438. The molecule has 0 saturated heterocycles. The number of rotatable bonds is 9. The number of carbonyl (C=O) groups excluding carboxylic acids is 1. The van der Waals surface area contributed by atoms with E-state index in [1.165, 1.54) is 5.56 Å². The SMILES string of the molecule is C=CCNC(=O)C(C)Sc1cccc(CNCCC)c1. The summed E-state index contributed by atoms with van der Waals surface area (Å²) in [5, 5.41) is 6.10. The average molecular weight is 292 g/mol. The molecule has 1 atom stereocenters. The molecule has 1 unspecified atom stereocenters. The predicted octanol–water partition coefficient (Wildman–Crippen LogP) is 2.97. The highest BCUT2D eigenvalue weighted by molar-refractivity contribution is 8.00. The molecular weight excluding hydrogens is 268 g/mol. The van der Waals surface area contributed by atoms with Crippen molar-refractivity contribution in [2.45, 2.75) is 37.0 Å². The van der Waals surface area contributed by atoms with Crippen LogP contribution < -0.4 is 10.6 Å². The molecule has 2 N–H and O–H groups in total. The van der Waals surface area contributed by atoms with Crippen molar-refractivity contribution in [2.24, 2.45) is 0 Å². The second kappa shape index (κ2) is 9.61. The lowest BCUT2D eigenvalue weighted by Crippen LogP contribution is -2.30. The third-order valence-corrected chi connectivity index (χ3v) is 3.85. The first kappa shape index (κ1) is 16.8. The zero-order chi connectivity index (χ0) is 14.8. The second-order valence-corrected chi connectivity index (χ2v) is 6.03. The molecule has 0 aromatic heterocycles. The summed E-state index contributed by atoms with van der Waals surface area (Å²) in [4.78, 5) is 12.9. The highest BCUT2D eigenvalue weighted by Gasteiger charge is 2.13. The van der Waals surface area contributed by atoms with E-state index in [-0.39, 0.29) is 11.2 Å². The summed E-state index contributed by atoms with van der Waals surface area (Å²) >= 11 is 1.58. The molecule has 0 saturated carbocycles. The Morgan fingerprint density at radius 2 is 2.30 bits per heavy atom. The van der Waals surface area contributed by atoms with Gasteiger partial charge in [-0.3, -0.25) is 4.79 Å². The first-order valence-corrected chi connectivity index (χ1v) is 7.90. The lowest BCUT2D eigenvalue weighted by molar-refractivity contribution is -0.120. The maximum absolute atomic E-state index is 11.8. The van der Waals surface area contributed by atoms with Crippen LogP contribution in [0, 0.1) is 0 Å². The molecule has 1 aromatic carbocycles. The van der Waals surface area contributed by atoms with E-state index >= 15 is 0 Å². The summed E-state index contributed by atoms with van der Waals surface area (Å²) in [5.74, 6) is 0.0458. The van der Waals surface area contributed by atoms with Gasteiger partial charge in [-0.25, -0.2) is 0 Å². The lowest BCUT2D eigenvalue weighted by Gasteiger charge is -2.12. The number of carbonyl (C=O) groups is 1. The van der Waals surface area contributed by atoms with Gasteiger partial charge < -0.3 is 10.6 Å². The van der Waals surface area contributed by atoms with E-state index in [1.807, 2.05) is 19.1 Å². The number of benzene rings is 1. The van der Waals surface area contributed by atoms with E-state index in [0.717, 1.165) is 24.4 Å². The Kier molecular flexibility index (Phi) is 8.07. The van der Waals surface area contributed by atoms with Crippen molar-refractivity contribution in [3.63, 3.8) is 0 Å². The number of thioether (sulfide) groups is 1. The van der Waals surface area contributed by atoms with Gasteiger partial charge in [0.2, 0.25) is 5.91 Å². The molecule has 4 heteroatoms. The molecule has 110 valence electrons. The van der Waals surface area contributed by atoms with E-state index in [4.69, 9.17) is 0 Å². The first-order valence-electron chi connectivity index (χ1n) is 7.02. The van der Waals surface area contributed by atoms with Crippen molar-refractivity contribution in [3.05, 3.63) is 42.5 Å². The van der Waals surface area contributed by atoms with E-state index < -0.39 is 0 Å². The molecule has 1 amide bonds. The van der Waals surface area contributed by atoms with Crippen molar-refractivity contribution in [2.75, 3.05) is 13.1 Å². The van der Waals surface area contributed by atoms with Gasteiger partial charge in [-0.05, 0) is 37.6 Å². The van der Waals surface area contributed by atoms with E-state index in [2.05, 4.69) is 36.3 Å². The van der Waals surface area contributed by atoms with Crippen LogP contribution in [0.5, 0.6) is 0 Å². The molecular formula is C16H24N2OS. The molecule has 0 aliphatic rings. The summed E-state index contributed by atoms with van der Waals surface area (Å²) in [7, 11) is 0. The monoisotopic (exact) mass is 292 g/mol. The normalized spacial score (nSPS) is 11.9. The van der Waals surface area contributed by atoms with Crippen LogP contribution in [0.15, 0.2) is 41.8 Å². The average Bonchev–Trinajstić information content (AvgIpc) is 2.45. The Morgan fingerprint density at radius 3 is 3.00 bits per heavy atom. The van der Waals surface area contributed by atoms with Gasteiger partial charge in [0.1, 0.15) is 0 Å². The van der Waals surface area contributed by atoms with Crippen LogP contribution in [-0.2, 0) is 11.3 Å². The smallest absolute Gasteiger partial charge is 0.233 e. The largest absolute Gasteiger partial charge is 0.352 e. The summed E-state index contributed by atoms with van der Waals surface area (Å²) in [6.45, 7) is 10.1. The van der Waals surface area contributed by atoms with Crippen molar-refractivity contribution in [1.82, 2.24) is 10.6 Å². The van der Waals surface area contributed by atoms with E-state index in [1.54, 1.807) is 17.8 Å². The van der Waals surface area contributed by atoms with Crippen LogP contribution in [0.2, 0.25) is 0 Å². The summed E-state index contributed by atoms with van der Waals surface area (Å²) in [5.41, 5.74) is 1.25. The van der Waals surface area contributed by atoms with Crippen molar-refractivity contribution >= 4 is 17.7 Å². The molecule has 0 radical (unpaired) electrons. The summed E-state index contributed by atoms with van der Waals surface area (Å²) < 4.78 is 0. The summed E-state index contributed by atoms with van der Waals surface area (Å²) in [6.07, 6.45) is 2.82. The molecule has 0 bridgehead atoms. The topological polar surface area (TPSA) is 41.1 Å². The van der Waals surface area contributed by atoms with E-state index in [0.29, 0.717) is 6.54 Å². The molecule has 0 fully saturated rings. The van der Waals surface area contributed by atoms with Crippen LogP contribution in [0.4, 0.5) is 0 Å². The van der Waals surface area contributed by atoms with Crippen molar-refractivity contribution in [1.29, 1.82) is 0 Å². The minimum atomic E-state index is -0.103. The first-order chi connectivity index (χ1) is 9.67. The molecule has 0 heterocycles. The Labute approximate surface area is 126 Å². The lowest BCUT2D eigenvalue weighted by atomic mass is 10.2. The van der Waals surface area contributed by atoms with Crippen LogP contribution in [-0.4, -0.2) is 24.2 Å². The third-order valence-electron chi connectivity index (χ3n) is 2.76. The van der Waals surface area contributed by atoms with Gasteiger partial charge >= 0.3 is 0 Å². The standard InChI is InChI=1S/C16H24N2OS/c1-4-9-17-12-14-7-6-8-15(11-14)20-13(3)16(19)18-10-5-2/h5-8,11,13,17H,2,4,9-10,12H2,1,3H3,(H,18,19). The number of nitrogens with one attached hydrogen (secondary N) is 2. The van der Waals surface area contributed by atoms with Gasteiger partial charge in [0.15, 0.2) is 0 Å². The zero-order valence-corrected chi connectivity index (χ0v) is 13.1. The molecule has 1 rings (SSSR count). The minimum absolute atomic E-state index is 0.0458. The van der Waals surface area contributed by atoms with Gasteiger partial charge in [-0.15, -0.1) is 18.3 Å². The number of hydrogen-bond donors (Lipinski definition) is 2. The van der Waals surface area contributed by atoms with Crippen LogP contribution in [0.3, 0.4) is 0 Å². The molecule has 1 aromatic rings. The van der Waals surface area contributed by atoms with Gasteiger partial charge in [0, 0.05) is 18.0 Å². The fourth-order valence-corrected chi connectivity index (χ4v) is 2.69. The van der Waals surface area contributed by atoms with Gasteiger partial charge in [-0.1, -0.05) is 25.1 Å². The van der Waals surface area contributed by atoms with Crippen LogP contribution in [0.1, 0.15) is 25.8 Å². The fourth-order valence-electron chi connectivity index (χ4n) is 1.71. The molecule has 0 aliphatic heterocycles. The van der Waals surface area contributed by atoms with Crippen LogP contribution in [0.25, 0.3) is 0 Å². The van der Waals surface area contributed by atoms with Gasteiger partial charge in [0.05, 0.1) is 5.25 Å². The second-order valence-electron chi connectivity index (χ2n) is 4.62. The van der Waals surface area contributed by atoms with Gasteiger partial charge in [0.25, 0.3) is 0 Å². The summed E-state index contributed by atoms with van der Waals surface area (Å²) in [6, 6.07) is 8.34. The Morgan fingerprint density at radius 1 is 1.50 bits per heavy atom. The molecule has 20 heavy (non-hydrogen) atoms. The maximum Gasteiger partial charge on any atom is 0.233 e. The quantitative estimate of drug-likeness (QED) is 0.418. The molecule has 0 aliphatic carbocycles. The minimum Gasteiger partial charge on any atom is -0.352 e. The Bertz CT molecular complexity index is 434. The predicted molar refractivity (Wildman–Crippen MR) is 87.0 cm³/mol. The van der Waals surface area contributed by atoms with Gasteiger partial charge in [-0.2, -0.15) is 0 Å². The number of hydrogen-bond acceptors (Lipinski definition) is 3. The zero-order valence-electron chi connectivity index (χ0n) is 12.3. The van der Waals surface area contributed by atoms with Crippen molar-refractivity contribution < 1.29 is 4.79 Å². The van der Waals surface area contributed by atoms with E-state index in [9.17, 15) is 4.79 Å². The molecule has 0 spiro atoms. The molecule has 3 nitrogen and oxygen atoms in total. The Balaban J connectivity index is 2.52. The number of amides is 1. The Hall–Kier alpha value is -1.26. The highest BCUT2D eigenvalue weighted by Crippen LogP contribution is 2.24. The third kappa shape index (κ3) is 6.26. The van der Waals surface area contributed by atoms with Crippen molar-refractivity contribution in [3.8, 4) is 0 Å². The highest BCUT2D eigenvalue weighted by atomic mass is 32.2. The van der Waals surface area contributed by atoms with Crippen LogP contribution >= 0.6 is 11.8 Å². The maximum atomic E-state index is 11.8.